The molecule has 0 saturated carbocycles. The van der Waals surface area contributed by atoms with Gasteiger partial charge in [-0.25, -0.2) is 0 Å². The molecule has 0 aliphatic rings. The van der Waals surface area contributed by atoms with Crippen LogP contribution in [-0.4, -0.2) is 17.4 Å². The number of carbonyl (C=O) groups excluding carboxylic acids is 1. The molecule has 0 bridgehead atoms. The van der Waals surface area contributed by atoms with E-state index in [1.54, 1.807) is 24.5 Å². The Labute approximate surface area is 125 Å². The van der Waals surface area contributed by atoms with Crippen LogP contribution in [0.5, 0.6) is 0 Å². The van der Waals surface area contributed by atoms with Gasteiger partial charge < -0.3 is 5.32 Å². The molecule has 0 aliphatic carbocycles. The fourth-order valence-electron chi connectivity index (χ4n) is 2.04. The highest BCUT2D eigenvalue weighted by atomic mass is 35.5. The second-order valence-electron chi connectivity index (χ2n) is 4.67. The molecular formula is C16H19ClN2O. The number of nitrogens with one attached hydrogen (secondary N) is 1. The highest BCUT2D eigenvalue weighted by molar-refractivity contribution is 5.93. The van der Waals surface area contributed by atoms with E-state index in [9.17, 15) is 4.79 Å². The topological polar surface area (TPSA) is 42.0 Å². The first kappa shape index (κ1) is 16.2. The summed E-state index contributed by atoms with van der Waals surface area (Å²) in [6, 6.07) is 9.83. The van der Waals surface area contributed by atoms with Gasteiger partial charge in [-0.15, -0.1) is 12.4 Å². The number of aryl methyl sites for hydroxylation is 2. The molecule has 0 radical (unpaired) electrons. The lowest BCUT2D eigenvalue weighted by atomic mass is 10.0. The molecule has 0 atom stereocenters. The van der Waals surface area contributed by atoms with E-state index < -0.39 is 0 Å². The summed E-state index contributed by atoms with van der Waals surface area (Å²) < 4.78 is 0. The van der Waals surface area contributed by atoms with Crippen LogP contribution in [-0.2, 0) is 6.42 Å². The first-order valence-corrected chi connectivity index (χ1v) is 6.41. The maximum atomic E-state index is 11.8. The molecule has 1 aromatic carbocycles. The van der Waals surface area contributed by atoms with Crippen molar-refractivity contribution in [2.45, 2.75) is 20.3 Å². The number of carbonyl (C=O) groups is 1. The van der Waals surface area contributed by atoms with Crippen molar-refractivity contribution in [3.8, 4) is 0 Å². The van der Waals surface area contributed by atoms with Crippen LogP contribution < -0.4 is 5.32 Å². The number of benzene rings is 1. The lowest BCUT2D eigenvalue weighted by molar-refractivity contribution is 0.0954. The summed E-state index contributed by atoms with van der Waals surface area (Å²) in [6.45, 7) is 4.83. The minimum Gasteiger partial charge on any atom is -0.352 e. The Hall–Kier alpha value is -1.87. The van der Waals surface area contributed by atoms with Crippen molar-refractivity contribution in [2.75, 3.05) is 6.54 Å². The van der Waals surface area contributed by atoms with Crippen LogP contribution in [0.1, 0.15) is 27.0 Å². The van der Waals surface area contributed by atoms with E-state index in [0.29, 0.717) is 12.1 Å². The van der Waals surface area contributed by atoms with Crippen molar-refractivity contribution in [1.29, 1.82) is 0 Å². The van der Waals surface area contributed by atoms with E-state index >= 15 is 0 Å². The predicted octanol–water partition coefficient (Wildman–Crippen LogP) is 3.09. The molecule has 0 aliphatic heterocycles. The second kappa shape index (κ2) is 7.65. The predicted molar refractivity (Wildman–Crippen MR) is 83.4 cm³/mol. The highest BCUT2D eigenvalue weighted by Gasteiger charge is 2.04. The Morgan fingerprint density at radius 1 is 1.15 bits per heavy atom. The Morgan fingerprint density at radius 3 is 2.50 bits per heavy atom. The maximum absolute atomic E-state index is 11.8. The van der Waals surface area contributed by atoms with Crippen molar-refractivity contribution in [3.63, 3.8) is 0 Å². The normalized spacial score (nSPS) is 9.70. The van der Waals surface area contributed by atoms with Crippen LogP contribution in [0, 0.1) is 13.8 Å². The third-order valence-electron chi connectivity index (χ3n) is 3.12. The molecule has 0 unspecified atom stereocenters. The van der Waals surface area contributed by atoms with E-state index in [1.165, 1.54) is 16.7 Å². The molecule has 1 amide bonds. The summed E-state index contributed by atoms with van der Waals surface area (Å²) in [7, 11) is 0. The standard InChI is InChI=1S/C16H18N2O.ClH/c1-12-3-4-14(13(2)11-12)7-10-18-16(19)15-5-8-17-9-6-15;/h3-6,8-9,11H,7,10H2,1-2H3,(H,18,19);1H. The van der Waals surface area contributed by atoms with Crippen molar-refractivity contribution < 1.29 is 4.79 Å². The number of hydrogen-bond donors (Lipinski definition) is 1. The van der Waals surface area contributed by atoms with Crippen LogP contribution >= 0.6 is 12.4 Å². The molecule has 1 aromatic heterocycles. The van der Waals surface area contributed by atoms with Crippen molar-refractivity contribution in [1.82, 2.24) is 10.3 Å². The van der Waals surface area contributed by atoms with Gasteiger partial charge in [-0.1, -0.05) is 23.8 Å². The Balaban J connectivity index is 0.00000200. The van der Waals surface area contributed by atoms with Gasteiger partial charge >= 0.3 is 0 Å². The molecule has 106 valence electrons. The summed E-state index contributed by atoms with van der Waals surface area (Å²) in [5, 5.41) is 2.92. The average molecular weight is 291 g/mol. The lowest BCUT2D eigenvalue weighted by Crippen LogP contribution is -2.25. The molecule has 1 heterocycles. The number of hydrogen-bond acceptors (Lipinski definition) is 2. The molecule has 2 rings (SSSR count). The van der Waals surface area contributed by atoms with Crippen LogP contribution in [0.2, 0.25) is 0 Å². The molecular weight excluding hydrogens is 272 g/mol. The molecule has 3 nitrogen and oxygen atoms in total. The number of nitrogens with zero attached hydrogens (tertiary/aromatic N) is 1. The quantitative estimate of drug-likeness (QED) is 0.940. The van der Waals surface area contributed by atoms with E-state index in [4.69, 9.17) is 0 Å². The molecule has 2 aromatic rings. The van der Waals surface area contributed by atoms with Gasteiger partial charge in [0.2, 0.25) is 0 Å². The van der Waals surface area contributed by atoms with Gasteiger partial charge in [0.25, 0.3) is 5.91 Å². The minimum absolute atomic E-state index is 0. The van der Waals surface area contributed by atoms with Gasteiger partial charge in [0.1, 0.15) is 0 Å². The SMILES string of the molecule is Cc1ccc(CCNC(=O)c2ccncc2)c(C)c1.Cl. The number of pyridine rings is 1. The smallest absolute Gasteiger partial charge is 0.251 e. The van der Waals surface area contributed by atoms with Crippen molar-refractivity contribution in [3.05, 3.63) is 65.0 Å². The monoisotopic (exact) mass is 290 g/mol. The van der Waals surface area contributed by atoms with E-state index in [-0.39, 0.29) is 18.3 Å². The minimum atomic E-state index is -0.0489. The first-order chi connectivity index (χ1) is 9.16. The Bertz CT molecular complexity index is 570. The van der Waals surface area contributed by atoms with Gasteiger partial charge in [-0.2, -0.15) is 0 Å². The average Bonchev–Trinajstić information content (AvgIpc) is 2.42. The number of halogens is 1. The maximum Gasteiger partial charge on any atom is 0.251 e. The summed E-state index contributed by atoms with van der Waals surface area (Å²) >= 11 is 0. The zero-order valence-electron chi connectivity index (χ0n) is 11.7. The van der Waals surface area contributed by atoms with Crippen molar-refractivity contribution >= 4 is 18.3 Å². The zero-order chi connectivity index (χ0) is 13.7. The molecule has 0 saturated heterocycles. The third-order valence-corrected chi connectivity index (χ3v) is 3.12. The lowest BCUT2D eigenvalue weighted by Gasteiger charge is -2.08. The molecule has 4 heteroatoms. The number of amides is 1. The van der Waals surface area contributed by atoms with Gasteiger partial charge in [-0.3, -0.25) is 9.78 Å². The molecule has 20 heavy (non-hydrogen) atoms. The van der Waals surface area contributed by atoms with Gasteiger partial charge in [0, 0.05) is 24.5 Å². The number of aromatic nitrogens is 1. The van der Waals surface area contributed by atoms with Crippen LogP contribution in [0.4, 0.5) is 0 Å². The zero-order valence-corrected chi connectivity index (χ0v) is 12.5. The van der Waals surface area contributed by atoms with E-state index in [0.717, 1.165) is 6.42 Å². The Kier molecular flexibility index (Phi) is 6.19. The van der Waals surface area contributed by atoms with Gasteiger partial charge in [-0.05, 0) is 43.5 Å². The van der Waals surface area contributed by atoms with Crippen LogP contribution in [0.25, 0.3) is 0 Å². The number of rotatable bonds is 4. The summed E-state index contributed by atoms with van der Waals surface area (Å²) in [6.07, 6.45) is 4.10. The fraction of sp³-hybridized carbons (Fsp3) is 0.250. The van der Waals surface area contributed by atoms with E-state index in [1.807, 2.05) is 0 Å². The van der Waals surface area contributed by atoms with Crippen molar-refractivity contribution in [2.24, 2.45) is 0 Å². The molecule has 0 fully saturated rings. The van der Waals surface area contributed by atoms with Gasteiger partial charge in [0.05, 0.1) is 0 Å². The molecule has 1 N–H and O–H groups in total. The summed E-state index contributed by atoms with van der Waals surface area (Å²) in [4.78, 5) is 15.7. The summed E-state index contributed by atoms with van der Waals surface area (Å²) in [5.74, 6) is -0.0489. The fourth-order valence-corrected chi connectivity index (χ4v) is 2.04. The van der Waals surface area contributed by atoms with Gasteiger partial charge in [0.15, 0.2) is 0 Å². The first-order valence-electron chi connectivity index (χ1n) is 6.41. The van der Waals surface area contributed by atoms with Crippen LogP contribution in [0.3, 0.4) is 0 Å². The van der Waals surface area contributed by atoms with Crippen LogP contribution in [0.15, 0.2) is 42.7 Å². The summed E-state index contributed by atoms with van der Waals surface area (Å²) in [5.41, 5.74) is 4.47. The second-order valence-corrected chi connectivity index (χ2v) is 4.67. The highest BCUT2D eigenvalue weighted by Crippen LogP contribution is 2.10. The largest absolute Gasteiger partial charge is 0.352 e. The Morgan fingerprint density at radius 2 is 1.85 bits per heavy atom. The third kappa shape index (κ3) is 4.35. The molecule has 0 spiro atoms. The van der Waals surface area contributed by atoms with E-state index in [2.05, 4.69) is 42.3 Å².